The Morgan fingerprint density at radius 1 is 1.34 bits per heavy atom. The van der Waals surface area contributed by atoms with Gasteiger partial charge in [0.05, 0.1) is 24.8 Å². The van der Waals surface area contributed by atoms with Gasteiger partial charge in [0.2, 0.25) is 15.7 Å². The molecule has 1 aromatic carbocycles. The van der Waals surface area contributed by atoms with Crippen LogP contribution in [0.3, 0.4) is 0 Å². The average Bonchev–Trinajstić information content (AvgIpc) is 3.17. The zero-order chi connectivity index (χ0) is 21.0. The fourth-order valence-corrected chi connectivity index (χ4v) is 5.01. The second kappa shape index (κ2) is 9.13. The fourth-order valence-electron chi connectivity index (χ4n) is 2.55. The molecular formula is C16H17ClN4O6S2. The van der Waals surface area contributed by atoms with Gasteiger partial charge in [-0.3, -0.25) is 4.79 Å². The highest BCUT2D eigenvalue weighted by Gasteiger charge is 2.29. The van der Waals surface area contributed by atoms with Gasteiger partial charge in [-0.15, -0.1) is 5.10 Å². The molecular weight excluding hydrogens is 444 g/mol. The summed E-state index contributed by atoms with van der Waals surface area (Å²) < 4.78 is 40.7. The molecule has 2 aromatic rings. The van der Waals surface area contributed by atoms with E-state index in [-0.39, 0.29) is 59.1 Å². The van der Waals surface area contributed by atoms with Gasteiger partial charge in [0, 0.05) is 30.2 Å². The minimum Gasteiger partial charge on any atom is -0.461 e. The van der Waals surface area contributed by atoms with Crippen molar-refractivity contribution in [2.75, 3.05) is 38.2 Å². The van der Waals surface area contributed by atoms with E-state index in [1.165, 1.54) is 22.5 Å². The van der Waals surface area contributed by atoms with Crippen LogP contribution in [-0.4, -0.2) is 67.1 Å². The molecule has 29 heavy (non-hydrogen) atoms. The minimum atomic E-state index is -3.89. The maximum atomic E-state index is 12.9. The van der Waals surface area contributed by atoms with Crippen molar-refractivity contribution >= 4 is 50.0 Å². The van der Waals surface area contributed by atoms with Gasteiger partial charge in [-0.25, -0.2) is 13.2 Å². The Bertz CT molecular complexity index is 1020. The second-order valence-corrected chi connectivity index (χ2v) is 8.85. The molecule has 1 saturated heterocycles. The molecule has 156 valence electrons. The number of esters is 1. The van der Waals surface area contributed by atoms with Crippen molar-refractivity contribution in [3.05, 3.63) is 34.5 Å². The quantitative estimate of drug-likeness (QED) is 0.644. The van der Waals surface area contributed by atoms with Crippen LogP contribution in [0.1, 0.15) is 27.8 Å². The number of benzene rings is 1. The van der Waals surface area contributed by atoms with Crippen molar-refractivity contribution in [2.24, 2.45) is 0 Å². The molecule has 1 aliphatic heterocycles. The van der Waals surface area contributed by atoms with Crippen LogP contribution >= 0.6 is 23.1 Å². The highest BCUT2D eigenvalue weighted by atomic mass is 35.5. The summed E-state index contributed by atoms with van der Waals surface area (Å²) in [6.45, 7) is 2.75. The van der Waals surface area contributed by atoms with Crippen molar-refractivity contribution < 1.29 is 27.5 Å². The molecule has 0 spiro atoms. The van der Waals surface area contributed by atoms with Gasteiger partial charge < -0.3 is 14.8 Å². The van der Waals surface area contributed by atoms with Crippen LogP contribution in [-0.2, 0) is 19.5 Å². The molecule has 1 aromatic heterocycles. The molecule has 1 fully saturated rings. The zero-order valence-electron chi connectivity index (χ0n) is 15.3. The highest BCUT2D eigenvalue weighted by molar-refractivity contribution is 7.89. The number of halogens is 1. The molecule has 10 nitrogen and oxygen atoms in total. The minimum absolute atomic E-state index is 0.000267. The van der Waals surface area contributed by atoms with E-state index in [9.17, 15) is 18.0 Å². The van der Waals surface area contributed by atoms with E-state index in [0.717, 1.165) is 11.5 Å². The molecule has 0 atom stereocenters. The molecule has 1 aliphatic rings. The number of ether oxygens (including phenoxy) is 2. The number of sulfonamides is 1. The number of anilines is 1. The van der Waals surface area contributed by atoms with Crippen LogP contribution in [0.4, 0.5) is 5.00 Å². The number of aromatic nitrogens is 2. The van der Waals surface area contributed by atoms with Crippen LogP contribution in [0.25, 0.3) is 0 Å². The number of nitrogens with zero attached hydrogens (tertiary/aromatic N) is 3. The second-order valence-electron chi connectivity index (χ2n) is 5.79. The molecule has 3 rings (SSSR count). The summed E-state index contributed by atoms with van der Waals surface area (Å²) in [6, 6.07) is 3.91. The fraction of sp³-hybridized carbons (Fsp3) is 0.375. The van der Waals surface area contributed by atoms with Crippen molar-refractivity contribution in [1.82, 2.24) is 13.9 Å². The summed E-state index contributed by atoms with van der Waals surface area (Å²) >= 11 is 6.90. The number of morpholine rings is 1. The number of hydrogen-bond donors (Lipinski definition) is 1. The Morgan fingerprint density at radius 3 is 2.76 bits per heavy atom. The van der Waals surface area contributed by atoms with Crippen molar-refractivity contribution in [3.8, 4) is 0 Å². The Balaban J connectivity index is 1.85. The largest absolute Gasteiger partial charge is 0.461 e. The smallest absolute Gasteiger partial charge is 0.362 e. The lowest BCUT2D eigenvalue weighted by Crippen LogP contribution is -2.40. The van der Waals surface area contributed by atoms with Gasteiger partial charge in [0.1, 0.15) is 4.90 Å². The summed E-state index contributed by atoms with van der Waals surface area (Å²) in [5, 5.41) is 6.26. The Hall–Kier alpha value is -2.12. The predicted octanol–water partition coefficient (Wildman–Crippen LogP) is 1.64. The van der Waals surface area contributed by atoms with Gasteiger partial charge >= 0.3 is 5.97 Å². The van der Waals surface area contributed by atoms with Gasteiger partial charge in [-0.1, -0.05) is 16.1 Å². The number of hydrogen-bond acceptors (Lipinski definition) is 9. The van der Waals surface area contributed by atoms with Crippen LogP contribution in [0.5, 0.6) is 0 Å². The normalized spacial score (nSPS) is 15.1. The average molecular weight is 461 g/mol. The summed E-state index contributed by atoms with van der Waals surface area (Å²) in [6.07, 6.45) is 0. The SMILES string of the molecule is CCOC(=O)c1nnsc1NC(=O)c1ccc(Cl)c(S(=O)(=O)N2CCOCC2)c1. The van der Waals surface area contributed by atoms with E-state index in [1.54, 1.807) is 6.92 Å². The van der Waals surface area contributed by atoms with Gasteiger partial charge in [0.25, 0.3) is 5.91 Å². The first-order chi connectivity index (χ1) is 13.8. The molecule has 13 heteroatoms. The molecule has 1 amide bonds. The van der Waals surface area contributed by atoms with E-state index in [4.69, 9.17) is 21.1 Å². The Morgan fingerprint density at radius 2 is 2.07 bits per heavy atom. The Kier molecular flexibility index (Phi) is 6.80. The van der Waals surface area contributed by atoms with E-state index < -0.39 is 21.9 Å². The molecule has 0 aliphatic carbocycles. The third kappa shape index (κ3) is 4.73. The number of amides is 1. The molecule has 0 radical (unpaired) electrons. The molecule has 0 bridgehead atoms. The summed E-state index contributed by atoms with van der Waals surface area (Å²) in [7, 11) is -3.89. The summed E-state index contributed by atoms with van der Waals surface area (Å²) in [4.78, 5) is 24.3. The lowest BCUT2D eigenvalue weighted by molar-refractivity contribution is 0.0520. The monoisotopic (exact) mass is 460 g/mol. The lowest BCUT2D eigenvalue weighted by atomic mass is 10.2. The van der Waals surface area contributed by atoms with Gasteiger partial charge in [-0.05, 0) is 25.1 Å². The third-order valence-electron chi connectivity index (χ3n) is 3.97. The molecule has 1 N–H and O–H groups in total. The molecule has 0 unspecified atom stereocenters. The van der Waals surface area contributed by atoms with Crippen molar-refractivity contribution in [3.63, 3.8) is 0 Å². The van der Waals surface area contributed by atoms with Gasteiger partial charge in [-0.2, -0.15) is 4.31 Å². The molecule has 0 saturated carbocycles. The first-order valence-electron chi connectivity index (χ1n) is 8.53. The summed E-state index contributed by atoms with van der Waals surface area (Å²) in [5.74, 6) is -1.36. The maximum Gasteiger partial charge on any atom is 0.362 e. The molecule has 2 heterocycles. The maximum absolute atomic E-state index is 12.9. The first-order valence-corrected chi connectivity index (χ1v) is 11.1. The first kappa shape index (κ1) is 21.6. The Labute approximate surface area is 176 Å². The van der Waals surface area contributed by atoms with E-state index in [1.807, 2.05) is 0 Å². The number of carbonyl (C=O) groups is 2. The van der Waals surface area contributed by atoms with E-state index in [2.05, 4.69) is 14.9 Å². The van der Waals surface area contributed by atoms with E-state index in [0.29, 0.717) is 0 Å². The van der Waals surface area contributed by atoms with Gasteiger partial charge in [0.15, 0.2) is 5.00 Å². The highest BCUT2D eigenvalue weighted by Crippen LogP contribution is 2.27. The van der Waals surface area contributed by atoms with Crippen molar-refractivity contribution in [2.45, 2.75) is 11.8 Å². The zero-order valence-corrected chi connectivity index (χ0v) is 17.6. The van der Waals surface area contributed by atoms with Crippen LogP contribution < -0.4 is 5.32 Å². The number of nitrogens with one attached hydrogen (secondary N) is 1. The number of rotatable bonds is 6. The lowest BCUT2D eigenvalue weighted by Gasteiger charge is -2.26. The van der Waals surface area contributed by atoms with Crippen LogP contribution in [0.2, 0.25) is 5.02 Å². The van der Waals surface area contributed by atoms with E-state index >= 15 is 0 Å². The summed E-state index contributed by atoms with van der Waals surface area (Å²) in [5.41, 5.74) is -0.0789. The third-order valence-corrected chi connectivity index (χ3v) is 6.99. The number of carbonyl (C=O) groups excluding carboxylic acids is 2. The predicted molar refractivity (Wildman–Crippen MR) is 105 cm³/mol. The standard InChI is InChI=1S/C16H17ClN4O6S2/c1-2-27-16(23)13-15(28-20-19-13)18-14(22)10-3-4-11(17)12(9-10)29(24,25)21-5-7-26-8-6-21/h3-4,9H,2,5-8H2,1H3,(H,18,22). The topological polar surface area (TPSA) is 128 Å². The van der Waals surface area contributed by atoms with Crippen molar-refractivity contribution in [1.29, 1.82) is 0 Å². The van der Waals surface area contributed by atoms with Crippen LogP contribution in [0, 0.1) is 0 Å². The van der Waals surface area contributed by atoms with Crippen LogP contribution in [0.15, 0.2) is 23.1 Å².